The zero-order valence-corrected chi connectivity index (χ0v) is 12.0. The average molecular weight is 285 g/mol. The fourth-order valence-electron chi connectivity index (χ4n) is 1.60. The number of hydrogen-bond acceptors (Lipinski definition) is 4. The van der Waals surface area contributed by atoms with Crippen molar-refractivity contribution < 1.29 is 14.7 Å². The van der Waals surface area contributed by atoms with Gasteiger partial charge in [0.15, 0.2) is 0 Å². The van der Waals surface area contributed by atoms with Crippen molar-refractivity contribution in [1.29, 1.82) is 0 Å². The third-order valence-corrected chi connectivity index (χ3v) is 3.57. The van der Waals surface area contributed by atoms with E-state index in [1.807, 2.05) is 12.3 Å². The highest BCUT2D eigenvalue weighted by molar-refractivity contribution is 7.09. The molecule has 0 fully saturated rings. The van der Waals surface area contributed by atoms with Crippen LogP contribution in [0.15, 0.2) is 11.6 Å². The van der Waals surface area contributed by atoms with Crippen LogP contribution in [0.3, 0.4) is 0 Å². The number of carboxylic acids is 1. The molecular weight excluding hydrogens is 266 g/mol. The topological polar surface area (TPSA) is 91.3 Å². The summed E-state index contributed by atoms with van der Waals surface area (Å²) in [5, 5.41) is 16.9. The van der Waals surface area contributed by atoms with Gasteiger partial charge >= 0.3 is 12.0 Å². The average Bonchev–Trinajstić information content (AvgIpc) is 2.85. The van der Waals surface area contributed by atoms with Crippen LogP contribution in [-0.2, 0) is 4.79 Å². The highest BCUT2D eigenvalue weighted by Gasteiger charge is 2.24. The molecule has 0 aromatic carbocycles. The standard InChI is InChI=1S/C12H19N3O3S/c1-4-8(10-13-5-6-19-10)14-12(18)15-9(7(2)3)11(16)17/h5-9H,4H2,1-3H3,(H,16,17)(H2,14,15,18)/t8?,9-/m1/s1. The van der Waals surface area contributed by atoms with Crippen molar-refractivity contribution in [2.75, 3.05) is 0 Å². The van der Waals surface area contributed by atoms with E-state index in [0.717, 1.165) is 5.01 Å². The zero-order valence-electron chi connectivity index (χ0n) is 11.2. The van der Waals surface area contributed by atoms with Crippen molar-refractivity contribution >= 4 is 23.3 Å². The maximum Gasteiger partial charge on any atom is 0.326 e. The first-order valence-electron chi connectivity index (χ1n) is 6.14. The van der Waals surface area contributed by atoms with E-state index < -0.39 is 18.0 Å². The number of aromatic nitrogens is 1. The third-order valence-electron chi connectivity index (χ3n) is 2.68. The SMILES string of the molecule is CCC(NC(=O)N[C@@H](C(=O)O)C(C)C)c1nccs1. The summed E-state index contributed by atoms with van der Waals surface area (Å²) in [4.78, 5) is 27.0. The molecule has 1 heterocycles. The quantitative estimate of drug-likeness (QED) is 0.745. The van der Waals surface area contributed by atoms with E-state index in [0.29, 0.717) is 6.42 Å². The minimum atomic E-state index is -1.03. The smallest absolute Gasteiger partial charge is 0.326 e. The molecule has 0 aliphatic heterocycles. The molecule has 19 heavy (non-hydrogen) atoms. The van der Waals surface area contributed by atoms with Crippen molar-refractivity contribution in [3.63, 3.8) is 0 Å². The van der Waals surface area contributed by atoms with Gasteiger partial charge in [-0.2, -0.15) is 0 Å². The van der Waals surface area contributed by atoms with Gasteiger partial charge in [-0.05, 0) is 12.3 Å². The number of rotatable bonds is 6. The van der Waals surface area contributed by atoms with Crippen LogP contribution in [0.2, 0.25) is 0 Å². The Balaban J connectivity index is 2.61. The number of aliphatic carboxylic acids is 1. The van der Waals surface area contributed by atoms with Gasteiger partial charge < -0.3 is 15.7 Å². The Kier molecular flexibility index (Phi) is 5.75. The first-order chi connectivity index (χ1) is 8.95. The van der Waals surface area contributed by atoms with Crippen molar-refractivity contribution in [1.82, 2.24) is 15.6 Å². The molecule has 1 unspecified atom stereocenters. The lowest BCUT2D eigenvalue weighted by Crippen LogP contribution is -2.49. The monoisotopic (exact) mass is 285 g/mol. The first-order valence-corrected chi connectivity index (χ1v) is 7.02. The summed E-state index contributed by atoms with van der Waals surface area (Å²) in [6.07, 6.45) is 2.37. The molecule has 0 aliphatic carbocycles. The fraction of sp³-hybridized carbons (Fsp3) is 0.583. The second kappa shape index (κ2) is 7.08. The van der Waals surface area contributed by atoms with Gasteiger partial charge in [-0.15, -0.1) is 11.3 Å². The highest BCUT2D eigenvalue weighted by Crippen LogP contribution is 2.18. The Morgan fingerprint density at radius 2 is 2.11 bits per heavy atom. The Morgan fingerprint density at radius 1 is 1.42 bits per heavy atom. The summed E-state index contributed by atoms with van der Waals surface area (Å²) in [5.74, 6) is -1.21. The maximum absolute atomic E-state index is 11.8. The van der Waals surface area contributed by atoms with E-state index in [1.165, 1.54) is 11.3 Å². The number of nitrogens with one attached hydrogen (secondary N) is 2. The van der Waals surface area contributed by atoms with Crippen molar-refractivity contribution in [3.8, 4) is 0 Å². The van der Waals surface area contributed by atoms with E-state index >= 15 is 0 Å². The molecule has 0 saturated carbocycles. The molecule has 7 heteroatoms. The molecule has 2 amide bonds. The molecule has 1 aromatic heterocycles. The van der Waals surface area contributed by atoms with E-state index in [4.69, 9.17) is 5.11 Å². The van der Waals surface area contributed by atoms with Crippen LogP contribution >= 0.6 is 11.3 Å². The summed E-state index contributed by atoms with van der Waals surface area (Å²) in [6, 6.07) is -1.57. The highest BCUT2D eigenvalue weighted by atomic mass is 32.1. The van der Waals surface area contributed by atoms with Crippen LogP contribution in [-0.4, -0.2) is 28.1 Å². The summed E-state index contributed by atoms with van der Waals surface area (Å²) in [6.45, 7) is 5.43. The normalized spacial score (nSPS) is 13.9. The number of thiazole rings is 1. The Labute approximate surface area is 116 Å². The van der Waals surface area contributed by atoms with Crippen LogP contribution in [0.5, 0.6) is 0 Å². The van der Waals surface area contributed by atoms with E-state index in [9.17, 15) is 9.59 Å². The third kappa shape index (κ3) is 4.51. The lowest BCUT2D eigenvalue weighted by molar-refractivity contribution is -0.140. The molecule has 6 nitrogen and oxygen atoms in total. The molecule has 1 rings (SSSR count). The number of carbonyl (C=O) groups is 2. The predicted octanol–water partition coefficient (Wildman–Crippen LogP) is 2.00. The Hall–Kier alpha value is -1.63. The number of carboxylic acid groups (broad SMARTS) is 1. The van der Waals surface area contributed by atoms with Crippen molar-refractivity contribution in [2.24, 2.45) is 5.92 Å². The first kappa shape index (κ1) is 15.4. The van der Waals surface area contributed by atoms with E-state index in [-0.39, 0.29) is 12.0 Å². The van der Waals surface area contributed by atoms with Gasteiger partial charge in [0, 0.05) is 11.6 Å². The molecule has 106 valence electrons. The number of hydrogen-bond donors (Lipinski definition) is 3. The summed E-state index contributed by atoms with van der Waals surface area (Å²) in [7, 11) is 0. The second-order valence-electron chi connectivity index (χ2n) is 4.51. The van der Waals surface area contributed by atoms with Crippen LogP contribution < -0.4 is 10.6 Å². The van der Waals surface area contributed by atoms with Gasteiger partial charge in [0.1, 0.15) is 11.0 Å². The lowest BCUT2D eigenvalue weighted by atomic mass is 10.1. The van der Waals surface area contributed by atoms with E-state index in [1.54, 1.807) is 20.0 Å². The lowest BCUT2D eigenvalue weighted by Gasteiger charge is -2.20. The molecule has 0 saturated heterocycles. The summed E-state index contributed by atoms with van der Waals surface area (Å²) >= 11 is 1.46. The van der Waals surface area contributed by atoms with Gasteiger partial charge in [-0.25, -0.2) is 14.6 Å². The fourth-order valence-corrected chi connectivity index (χ4v) is 2.37. The minimum absolute atomic E-state index is 0.178. The van der Waals surface area contributed by atoms with Crippen LogP contribution in [0.25, 0.3) is 0 Å². The Bertz CT molecular complexity index is 420. The van der Waals surface area contributed by atoms with Gasteiger partial charge in [-0.1, -0.05) is 20.8 Å². The maximum atomic E-state index is 11.8. The van der Waals surface area contributed by atoms with Crippen LogP contribution in [0.4, 0.5) is 4.79 Å². The number of amides is 2. The summed E-state index contributed by atoms with van der Waals surface area (Å²) in [5.41, 5.74) is 0. The van der Waals surface area contributed by atoms with Crippen LogP contribution in [0.1, 0.15) is 38.2 Å². The molecule has 2 atom stereocenters. The molecule has 0 bridgehead atoms. The van der Waals surface area contributed by atoms with Gasteiger partial charge in [-0.3, -0.25) is 0 Å². The second-order valence-corrected chi connectivity index (χ2v) is 5.44. The predicted molar refractivity (Wildman–Crippen MR) is 73.1 cm³/mol. The number of nitrogens with zero attached hydrogens (tertiary/aromatic N) is 1. The molecule has 0 spiro atoms. The molecule has 0 aliphatic rings. The number of urea groups is 1. The minimum Gasteiger partial charge on any atom is -0.480 e. The van der Waals surface area contributed by atoms with Gasteiger partial charge in [0.05, 0.1) is 6.04 Å². The molecule has 3 N–H and O–H groups in total. The van der Waals surface area contributed by atoms with E-state index in [2.05, 4.69) is 15.6 Å². The largest absolute Gasteiger partial charge is 0.480 e. The molecular formula is C12H19N3O3S. The van der Waals surface area contributed by atoms with Crippen LogP contribution in [0, 0.1) is 5.92 Å². The van der Waals surface area contributed by atoms with Crippen molar-refractivity contribution in [2.45, 2.75) is 39.3 Å². The number of carbonyl (C=O) groups excluding carboxylic acids is 1. The van der Waals surface area contributed by atoms with Crippen molar-refractivity contribution in [3.05, 3.63) is 16.6 Å². The summed E-state index contributed by atoms with van der Waals surface area (Å²) < 4.78 is 0. The molecule has 1 aromatic rings. The zero-order chi connectivity index (χ0) is 14.4. The van der Waals surface area contributed by atoms with Gasteiger partial charge in [0.25, 0.3) is 0 Å². The Morgan fingerprint density at radius 3 is 2.53 bits per heavy atom. The molecule has 0 radical (unpaired) electrons. The van der Waals surface area contributed by atoms with Gasteiger partial charge in [0.2, 0.25) is 0 Å².